The number of rotatable bonds is 5. The summed E-state index contributed by atoms with van der Waals surface area (Å²) in [5.41, 5.74) is 1.37. The Morgan fingerprint density at radius 2 is 2.06 bits per heavy atom. The predicted octanol–water partition coefficient (Wildman–Crippen LogP) is 2.40. The van der Waals surface area contributed by atoms with Crippen LogP contribution in [0, 0.1) is 0 Å². The molecule has 0 radical (unpaired) electrons. The largest absolute Gasteiger partial charge is 0.473 e. The van der Waals surface area contributed by atoms with Gasteiger partial charge in [0.15, 0.2) is 6.79 Å². The van der Waals surface area contributed by atoms with Crippen molar-refractivity contribution in [3.05, 3.63) is 41.1 Å². The maximum absolute atomic E-state index is 11.1. The van der Waals surface area contributed by atoms with Gasteiger partial charge in [0.2, 0.25) is 5.91 Å². The maximum Gasteiger partial charge on any atom is 0.221 e. The van der Waals surface area contributed by atoms with Gasteiger partial charge in [0.25, 0.3) is 0 Å². The molecule has 0 atom stereocenters. The summed E-state index contributed by atoms with van der Waals surface area (Å²) in [5, 5.41) is 3.31. The topological polar surface area (TPSA) is 47.6 Å². The molecule has 0 spiro atoms. The van der Waals surface area contributed by atoms with E-state index in [1.54, 1.807) is 24.3 Å². The van der Waals surface area contributed by atoms with Crippen LogP contribution in [0.15, 0.2) is 30.5 Å². The Hall–Kier alpha value is -1.52. The SMILES string of the molecule is COCO/C=C(\NC(C)=O)c1ccc(Cl)cc1. The van der Waals surface area contributed by atoms with Crippen LogP contribution in [0.4, 0.5) is 0 Å². The lowest BCUT2D eigenvalue weighted by Gasteiger charge is -2.09. The molecule has 5 heteroatoms. The molecule has 1 rings (SSSR count). The molecule has 0 unspecified atom stereocenters. The molecule has 4 nitrogen and oxygen atoms in total. The van der Waals surface area contributed by atoms with Gasteiger partial charge in [-0.2, -0.15) is 0 Å². The van der Waals surface area contributed by atoms with Crippen molar-refractivity contribution in [1.29, 1.82) is 0 Å². The van der Waals surface area contributed by atoms with E-state index in [9.17, 15) is 4.79 Å². The molecule has 0 aliphatic rings. The second-order valence-corrected chi connectivity index (χ2v) is 3.73. The van der Waals surface area contributed by atoms with E-state index in [1.807, 2.05) is 0 Å². The van der Waals surface area contributed by atoms with Crippen LogP contribution in [0.3, 0.4) is 0 Å². The van der Waals surface area contributed by atoms with Gasteiger partial charge in [0, 0.05) is 24.6 Å². The number of carbonyl (C=O) groups is 1. The number of methoxy groups -OCH3 is 1. The van der Waals surface area contributed by atoms with Gasteiger partial charge < -0.3 is 14.8 Å². The highest BCUT2D eigenvalue weighted by Gasteiger charge is 2.04. The Morgan fingerprint density at radius 1 is 1.41 bits per heavy atom. The van der Waals surface area contributed by atoms with E-state index in [0.29, 0.717) is 10.7 Å². The molecule has 1 aromatic rings. The molecule has 17 heavy (non-hydrogen) atoms. The summed E-state index contributed by atoms with van der Waals surface area (Å²) in [5.74, 6) is -0.174. The number of amides is 1. The lowest BCUT2D eigenvalue weighted by atomic mass is 10.2. The van der Waals surface area contributed by atoms with Crippen molar-refractivity contribution in [3.8, 4) is 0 Å². The van der Waals surface area contributed by atoms with Crippen LogP contribution in [0.1, 0.15) is 12.5 Å². The Morgan fingerprint density at radius 3 is 2.59 bits per heavy atom. The minimum Gasteiger partial charge on any atom is -0.473 e. The quantitative estimate of drug-likeness (QED) is 0.499. The lowest BCUT2D eigenvalue weighted by Crippen LogP contribution is -2.18. The lowest BCUT2D eigenvalue weighted by molar-refractivity contribution is -0.117. The van der Waals surface area contributed by atoms with Crippen LogP contribution in [-0.2, 0) is 14.3 Å². The summed E-state index contributed by atoms with van der Waals surface area (Å²) in [6, 6.07) is 7.06. The third-order valence-electron chi connectivity index (χ3n) is 1.85. The molecule has 1 N–H and O–H groups in total. The van der Waals surface area contributed by atoms with E-state index >= 15 is 0 Å². The molecule has 0 saturated carbocycles. The summed E-state index contributed by atoms with van der Waals surface area (Å²) in [4.78, 5) is 11.1. The van der Waals surface area contributed by atoms with Crippen LogP contribution < -0.4 is 5.32 Å². The molecular formula is C12H14ClNO3. The van der Waals surface area contributed by atoms with Crippen molar-refractivity contribution in [1.82, 2.24) is 5.32 Å². The normalized spacial score (nSPS) is 11.1. The summed E-state index contributed by atoms with van der Waals surface area (Å²) >= 11 is 5.79. The second kappa shape index (κ2) is 6.93. The third kappa shape index (κ3) is 4.89. The van der Waals surface area contributed by atoms with E-state index in [1.165, 1.54) is 20.3 Å². The minimum atomic E-state index is -0.174. The highest BCUT2D eigenvalue weighted by molar-refractivity contribution is 6.30. The third-order valence-corrected chi connectivity index (χ3v) is 2.10. The van der Waals surface area contributed by atoms with Gasteiger partial charge in [-0.3, -0.25) is 4.79 Å². The van der Waals surface area contributed by atoms with Gasteiger partial charge in [0.05, 0.1) is 5.70 Å². The summed E-state index contributed by atoms with van der Waals surface area (Å²) < 4.78 is 9.85. The smallest absolute Gasteiger partial charge is 0.221 e. The monoisotopic (exact) mass is 255 g/mol. The molecule has 0 aliphatic heterocycles. The fourth-order valence-corrected chi connectivity index (χ4v) is 1.30. The maximum atomic E-state index is 11.1. The van der Waals surface area contributed by atoms with E-state index in [4.69, 9.17) is 21.1 Å². The fraction of sp³-hybridized carbons (Fsp3) is 0.250. The second-order valence-electron chi connectivity index (χ2n) is 3.29. The number of hydrogen-bond donors (Lipinski definition) is 1. The van der Waals surface area contributed by atoms with Gasteiger partial charge in [-0.25, -0.2) is 0 Å². The summed E-state index contributed by atoms with van der Waals surface area (Å²) in [6.45, 7) is 1.55. The highest BCUT2D eigenvalue weighted by Crippen LogP contribution is 2.15. The highest BCUT2D eigenvalue weighted by atomic mass is 35.5. The zero-order chi connectivity index (χ0) is 12.7. The van der Waals surface area contributed by atoms with E-state index in [2.05, 4.69) is 5.32 Å². The molecule has 0 bridgehead atoms. The van der Waals surface area contributed by atoms with Crippen molar-refractivity contribution < 1.29 is 14.3 Å². The minimum absolute atomic E-state index is 0.122. The van der Waals surface area contributed by atoms with Crippen LogP contribution in [0.25, 0.3) is 5.70 Å². The van der Waals surface area contributed by atoms with Crippen LogP contribution >= 0.6 is 11.6 Å². The van der Waals surface area contributed by atoms with Gasteiger partial charge in [-0.1, -0.05) is 23.7 Å². The van der Waals surface area contributed by atoms with Crippen molar-refractivity contribution in [2.45, 2.75) is 6.92 Å². The van der Waals surface area contributed by atoms with Crippen molar-refractivity contribution in [3.63, 3.8) is 0 Å². The first kappa shape index (κ1) is 13.5. The Bertz CT molecular complexity index is 401. The Labute approximate surface area is 105 Å². The van der Waals surface area contributed by atoms with Gasteiger partial charge >= 0.3 is 0 Å². The van der Waals surface area contributed by atoms with Gasteiger partial charge in [-0.15, -0.1) is 0 Å². The van der Waals surface area contributed by atoms with Crippen LogP contribution in [0.5, 0.6) is 0 Å². The van der Waals surface area contributed by atoms with E-state index in [0.717, 1.165) is 5.56 Å². The number of carbonyl (C=O) groups excluding carboxylic acids is 1. The van der Waals surface area contributed by atoms with Crippen molar-refractivity contribution in [2.24, 2.45) is 0 Å². The van der Waals surface area contributed by atoms with Crippen LogP contribution in [0.2, 0.25) is 5.02 Å². The van der Waals surface area contributed by atoms with E-state index < -0.39 is 0 Å². The van der Waals surface area contributed by atoms with Crippen molar-refractivity contribution >= 4 is 23.2 Å². The first-order chi connectivity index (χ1) is 8.13. The Kier molecular flexibility index (Phi) is 5.52. The summed E-state index contributed by atoms with van der Waals surface area (Å²) in [7, 11) is 1.52. The van der Waals surface area contributed by atoms with Crippen LogP contribution in [-0.4, -0.2) is 19.8 Å². The molecule has 0 aliphatic carbocycles. The molecule has 1 amide bonds. The standard InChI is InChI=1S/C12H14ClNO3/c1-9(15)14-12(7-17-8-16-2)10-3-5-11(13)6-4-10/h3-7H,8H2,1-2H3,(H,14,15)/b12-7-. The molecule has 92 valence electrons. The number of ether oxygens (including phenoxy) is 2. The van der Waals surface area contributed by atoms with E-state index in [-0.39, 0.29) is 12.7 Å². The summed E-state index contributed by atoms with van der Waals surface area (Å²) in [6.07, 6.45) is 1.44. The average Bonchev–Trinajstić information content (AvgIpc) is 2.28. The van der Waals surface area contributed by atoms with Crippen molar-refractivity contribution in [2.75, 3.05) is 13.9 Å². The number of hydrogen-bond acceptors (Lipinski definition) is 3. The van der Waals surface area contributed by atoms with Gasteiger partial charge in [-0.05, 0) is 12.1 Å². The average molecular weight is 256 g/mol. The first-order valence-electron chi connectivity index (χ1n) is 4.97. The molecular weight excluding hydrogens is 242 g/mol. The number of benzene rings is 1. The predicted molar refractivity (Wildman–Crippen MR) is 66.2 cm³/mol. The van der Waals surface area contributed by atoms with Gasteiger partial charge in [0.1, 0.15) is 6.26 Å². The fourth-order valence-electron chi connectivity index (χ4n) is 1.17. The number of halogens is 1. The molecule has 0 saturated heterocycles. The zero-order valence-electron chi connectivity index (χ0n) is 9.70. The Balaban J connectivity index is 2.85. The zero-order valence-corrected chi connectivity index (χ0v) is 10.5. The molecule has 1 aromatic carbocycles. The molecule has 0 fully saturated rings. The number of nitrogens with one attached hydrogen (secondary N) is 1. The molecule has 0 heterocycles. The first-order valence-corrected chi connectivity index (χ1v) is 5.35. The molecule has 0 aromatic heterocycles.